The molecule has 0 saturated heterocycles. The number of methoxy groups -OCH3 is 1. The van der Waals surface area contributed by atoms with Crippen LogP contribution in [0.5, 0.6) is 5.75 Å². The molecule has 0 unspecified atom stereocenters. The Labute approximate surface area is 91.8 Å². The fourth-order valence-electron chi connectivity index (χ4n) is 1.79. The van der Waals surface area contributed by atoms with E-state index in [1.54, 1.807) is 19.5 Å². The van der Waals surface area contributed by atoms with E-state index < -0.39 is 0 Å². The van der Waals surface area contributed by atoms with Gasteiger partial charge in [-0.1, -0.05) is 0 Å². The smallest absolute Gasteiger partial charge is 0.142 e. The molecular weight excluding hydrogens is 244 g/mol. The van der Waals surface area contributed by atoms with Crippen LogP contribution in [0.2, 0.25) is 0 Å². The number of hydrogen-bond acceptors (Lipinski definition) is 3. The van der Waals surface area contributed by atoms with Crippen molar-refractivity contribution in [2.24, 2.45) is 5.73 Å². The second-order valence-corrected chi connectivity index (χ2v) is 4.54. The highest BCUT2D eigenvalue weighted by Gasteiger charge is 2.46. The van der Waals surface area contributed by atoms with Crippen molar-refractivity contribution in [2.75, 3.05) is 13.7 Å². The van der Waals surface area contributed by atoms with Crippen LogP contribution in [-0.2, 0) is 5.41 Å². The summed E-state index contributed by atoms with van der Waals surface area (Å²) in [7, 11) is 1.67. The molecule has 0 amide bonds. The van der Waals surface area contributed by atoms with Crippen LogP contribution in [0.3, 0.4) is 0 Å². The van der Waals surface area contributed by atoms with Gasteiger partial charge in [0.2, 0.25) is 0 Å². The molecule has 2 N–H and O–H groups in total. The van der Waals surface area contributed by atoms with E-state index in [-0.39, 0.29) is 5.41 Å². The minimum absolute atomic E-state index is 0.132. The molecule has 0 bridgehead atoms. The standard InChI is InChI=1S/C10H13BrN2O/c1-14-8-5-13-4-7(11)9(8)10(6-12)2-3-10/h4-5H,2-3,6,12H2,1H3. The molecule has 1 fully saturated rings. The van der Waals surface area contributed by atoms with E-state index in [9.17, 15) is 0 Å². The van der Waals surface area contributed by atoms with Gasteiger partial charge in [-0.15, -0.1) is 0 Å². The summed E-state index contributed by atoms with van der Waals surface area (Å²) < 4.78 is 6.31. The van der Waals surface area contributed by atoms with Crippen LogP contribution in [0.15, 0.2) is 16.9 Å². The third-order valence-corrected chi connectivity index (χ3v) is 3.46. The van der Waals surface area contributed by atoms with E-state index >= 15 is 0 Å². The van der Waals surface area contributed by atoms with Crippen LogP contribution in [0.1, 0.15) is 18.4 Å². The molecule has 14 heavy (non-hydrogen) atoms. The van der Waals surface area contributed by atoms with Crippen LogP contribution in [-0.4, -0.2) is 18.6 Å². The van der Waals surface area contributed by atoms with Crippen LogP contribution in [0, 0.1) is 0 Å². The Morgan fingerprint density at radius 3 is 2.79 bits per heavy atom. The highest BCUT2D eigenvalue weighted by Crippen LogP contribution is 2.52. The van der Waals surface area contributed by atoms with Gasteiger partial charge >= 0.3 is 0 Å². The molecule has 0 aliphatic heterocycles. The summed E-state index contributed by atoms with van der Waals surface area (Å²) >= 11 is 3.51. The Balaban J connectivity index is 2.50. The van der Waals surface area contributed by atoms with Gasteiger partial charge in [0.15, 0.2) is 0 Å². The number of nitrogens with zero attached hydrogens (tertiary/aromatic N) is 1. The van der Waals surface area contributed by atoms with Crippen LogP contribution < -0.4 is 10.5 Å². The lowest BCUT2D eigenvalue weighted by Crippen LogP contribution is -2.21. The van der Waals surface area contributed by atoms with Gasteiger partial charge in [-0.3, -0.25) is 4.98 Å². The molecule has 76 valence electrons. The summed E-state index contributed by atoms with van der Waals surface area (Å²) in [5.74, 6) is 0.835. The van der Waals surface area contributed by atoms with Crippen LogP contribution >= 0.6 is 15.9 Å². The molecule has 0 spiro atoms. The molecule has 0 radical (unpaired) electrons. The van der Waals surface area contributed by atoms with Gasteiger partial charge in [0, 0.05) is 28.2 Å². The first-order chi connectivity index (χ1) is 6.73. The maximum Gasteiger partial charge on any atom is 0.142 e. The van der Waals surface area contributed by atoms with Gasteiger partial charge in [-0.05, 0) is 28.8 Å². The Bertz CT molecular complexity index is 350. The normalized spacial score (nSPS) is 17.9. The van der Waals surface area contributed by atoms with Crippen molar-refractivity contribution in [3.05, 3.63) is 22.4 Å². The molecule has 1 aromatic heterocycles. The lowest BCUT2D eigenvalue weighted by Gasteiger charge is -2.17. The number of aromatic nitrogens is 1. The summed E-state index contributed by atoms with van der Waals surface area (Å²) in [6.45, 7) is 0.673. The van der Waals surface area contributed by atoms with Crippen molar-refractivity contribution in [1.29, 1.82) is 0 Å². The fourth-order valence-corrected chi connectivity index (χ4v) is 2.53. The molecule has 3 nitrogen and oxygen atoms in total. The van der Waals surface area contributed by atoms with E-state index in [1.807, 2.05) is 0 Å². The summed E-state index contributed by atoms with van der Waals surface area (Å²) in [5, 5.41) is 0. The number of hydrogen-bond donors (Lipinski definition) is 1. The molecule has 1 aliphatic carbocycles. The quantitative estimate of drug-likeness (QED) is 0.898. The Morgan fingerprint density at radius 1 is 1.57 bits per heavy atom. The second-order valence-electron chi connectivity index (χ2n) is 3.68. The highest BCUT2D eigenvalue weighted by atomic mass is 79.9. The first-order valence-electron chi connectivity index (χ1n) is 4.61. The largest absolute Gasteiger partial charge is 0.495 e. The molecule has 1 aliphatic rings. The number of rotatable bonds is 3. The lowest BCUT2D eigenvalue weighted by atomic mass is 9.96. The molecule has 4 heteroatoms. The molecule has 0 atom stereocenters. The predicted molar refractivity (Wildman–Crippen MR) is 58.5 cm³/mol. The number of halogens is 1. The first-order valence-corrected chi connectivity index (χ1v) is 5.41. The summed E-state index contributed by atoms with van der Waals surface area (Å²) in [4.78, 5) is 4.08. The molecule has 2 rings (SSSR count). The molecule has 0 aromatic carbocycles. The van der Waals surface area contributed by atoms with Crippen molar-refractivity contribution in [2.45, 2.75) is 18.3 Å². The zero-order valence-corrected chi connectivity index (χ0v) is 9.67. The van der Waals surface area contributed by atoms with Gasteiger partial charge in [-0.2, -0.15) is 0 Å². The second kappa shape index (κ2) is 3.51. The predicted octanol–water partition coefficient (Wildman–Crippen LogP) is 1.84. The average Bonchev–Trinajstić information content (AvgIpc) is 2.98. The third kappa shape index (κ3) is 1.42. The van der Waals surface area contributed by atoms with Crippen LogP contribution in [0.25, 0.3) is 0 Å². The SMILES string of the molecule is COc1cncc(Br)c1C1(CN)CC1. The van der Waals surface area contributed by atoms with Crippen molar-refractivity contribution >= 4 is 15.9 Å². The summed E-state index contributed by atoms with van der Waals surface area (Å²) in [6, 6.07) is 0. The molecule has 1 aromatic rings. The minimum Gasteiger partial charge on any atom is -0.495 e. The van der Waals surface area contributed by atoms with Gasteiger partial charge in [0.05, 0.1) is 13.3 Å². The van der Waals surface area contributed by atoms with E-state index in [0.29, 0.717) is 6.54 Å². The van der Waals surface area contributed by atoms with E-state index in [0.717, 1.165) is 23.1 Å². The number of nitrogens with two attached hydrogens (primary N) is 1. The topological polar surface area (TPSA) is 48.1 Å². The fraction of sp³-hybridized carbons (Fsp3) is 0.500. The van der Waals surface area contributed by atoms with Crippen molar-refractivity contribution in [3.63, 3.8) is 0 Å². The Hall–Kier alpha value is -0.610. The van der Waals surface area contributed by atoms with Gasteiger partial charge in [0.25, 0.3) is 0 Å². The number of ether oxygens (including phenoxy) is 1. The monoisotopic (exact) mass is 256 g/mol. The van der Waals surface area contributed by atoms with Crippen molar-refractivity contribution < 1.29 is 4.74 Å². The molecular formula is C10H13BrN2O. The maximum absolute atomic E-state index is 5.80. The van der Waals surface area contributed by atoms with Gasteiger partial charge < -0.3 is 10.5 Å². The maximum atomic E-state index is 5.80. The number of pyridine rings is 1. The van der Waals surface area contributed by atoms with Gasteiger partial charge in [-0.25, -0.2) is 0 Å². The molecule has 1 heterocycles. The first kappa shape index (κ1) is 9.93. The van der Waals surface area contributed by atoms with Crippen molar-refractivity contribution in [3.8, 4) is 5.75 Å². The highest BCUT2D eigenvalue weighted by molar-refractivity contribution is 9.10. The van der Waals surface area contributed by atoms with Gasteiger partial charge in [0.1, 0.15) is 5.75 Å². The Kier molecular flexibility index (Phi) is 2.49. The lowest BCUT2D eigenvalue weighted by molar-refractivity contribution is 0.401. The minimum atomic E-state index is 0.132. The van der Waals surface area contributed by atoms with Crippen LogP contribution in [0.4, 0.5) is 0 Å². The zero-order valence-electron chi connectivity index (χ0n) is 8.09. The summed E-state index contributed by atoms with van der Waals surface area (Å²) in [5.41, 5.74) is 7.11. The van der Waals surface area contributed by atoms with E-state index in [2.05, 4.69) is 20.9 Å². The zero-order chi connectivity index (χ0) is 10.2. The summed E-state index contributed by atoms with van der Waals surface area (Å²) in [6.07, 6.45) is 5.83. The molecule has 1 saturated carbocycles. The Morgan fingerprint density at radius 2 is 2.29 bits per heavy atom. The van der Waals surface area contributed by atoms with E-state index in [4.69, 9.17) is 10.5 Å². The van der Waals surface area contributed by atoms with Crippen molar-refractivity contribution in [1.82, 2.24) is 4.98 Å². The average molecular weight is 257 g/mol. The third-order valence-electron chi connectivity index (χ3n) is 2.86. The van der Waals surface area contributed by atoms with E-state index in [1.165, 1.54) is 5.56 Å².